The van der Waals surface area contributed by atoms with Crippen LogP contribution in [0.5, 0.6) is 11.5 Å². The Balaban J connectivity index is 1.68. The molecular formula is C29H29NO3. The van der Waals surface area contributed by atoms with Crippen LogP contribution in [0.2, 0.25) is 0 Å². The number of hydrogen-bond donors (Lipinski definition) is 1. The summed E-state index contributed by atoms with van der Waals surface area (Å²) in [5, 5.41) is 3.52. The second-order valence-electron chi connectivity index (χ2n) is 9.42. The molecule has 3 aromatic rings. The normalized spacial score (nSPS) is 18.2. The third-order valence-corrected chi connectivity index (χ3v) is 7.61. The molecule has 3 aliphatic rings. The maximum atomic E-state index is 13.6. The van der Waals surface area contributed by atoms with Gasteiger partial charge in [0, 0.05) is 23.2 Å². The fourth-order valence-electron chi connectivity index (χ4n) is 6.13. The van der Waals surface area contributed by atoms with Gasteiger partial charge in [-0.1, -0.05) is 55.7 Å². The first-order chi connectivity index (χ1) is 16.1. The number of para-hydroxylation sites is 2. The Morgan fingerprint density at radius 2 is 1.58 bits per heavy atom. The molecule has 3 aromatic carbocycles. The van der Waals surface area contributed by atoms with Crippen molar-refractivity contribution in [2.75, 3.05) is 11.9 Å². The lowest BCUT2D eigenvalue weighted by Gasteiger charge is -2.37. The lowest BCUT2D eigenvalue weighted by molar-refractivity contribution is 0.0224. The molecule has 0 aromatic heterocycles. The van der Waals surface area contributed by atoms with Gasteiger partial charge < -0.3 is 14.8 Å². The standard InChI is InChI=1S/C29H29NO3/c1-3-30-27-18(2)20(19-11-5-4-6-12-19)17-23-26(27)28(31)33-29(23)21-13-7-9-15-24(21)32-25-16-10-8-14-22(25)29/h7-10,13-17,19,30H,3-6,11-12H2,1-2H3. The highest BCUT2D eigenvalue weighted by Crippen LogP contribution is 2.58. The van der Waals surface area contributed by atoms with E-state index in [4.69, 9.17) is 9.47 Å². The third kappa shape index (κ3) is 2.86. The van der Waals surface area contributed by atoms with Gasteiger partial charge in [-0.3, -0.25) is 0 Å². The molecule has 0 bridgehead atoms. The summed E-state index contributed by atoms with van der Waals surface area (Å²) in [4.78, 5) is 13.6. The van der Waals surface area contributed by atoms with E-state index in [0.717, 1.165) is 40.4 Å². The van der Waals surface area contributed by atoms with Gasteiger partial charge in [0.15, 0.2) is 5.60 Å². The first kappa shape index (κ1) is 20.3. The molecule has 0 amide bonds. The van der Waals surface area contributed by atoms with E-state index < -0.39 is 5.60 Å². The third-order valence-electron chi connectivity index (χ3n) is 7.61. The number of hydrogen-bond acceptors (Lipinski definition) is 4. The number of benzene rings is 3. The molecule has 168 valence electrons. The molecule has 0 saturated heterocycles. The van der Waals surface area contributed by atoms with E-state index in [1.807, 2.05) is 48.5 Å². The lowest BCUT2D eigenvalue weighted by Crippen LogP contribution is -2.33. The molecule has 1 spiro atoms. The van der Waals surface area contributed by atoms with Crippen molar-refractivity contribution in [2.45, 2.75) is 57.5 Å². The summed E-state index contributed by atoms with van der Waals surface area (Å²) < 4.78 is 12.7. The minimum atomic E-state index is -1.00. The second kappa shape index (κ2) is 7.65. The molecule has 4 heteroatoms. The number of nitrogens with one attached hydrogen (secondary N) is 1. The molecule has 0 unspecified atom stereocenters. The van der Waals surface area contributed by atoms with Crippen LogP contribution in [-0.4, -0.2) is 12.5 Å². The summed E-state index contributed by atoms with van der Waals surface area (Å²) in [6.45, 7) is 4.98. The Kier molecular flexibility index (Phi) is 4.72. The van der Waals surface area contributed by atoms with Gasteiger partial charge in [0.2, 0.25) is 0 Å². The minimum Gasteiger partial charge on any atom is -0.456 e. The van der Waals surface area contributed by atoms with E-state index >= 15 is 0 Å². The van der Waals surface area contributed by atoms with Crippen molar-refractivity contribution >= 4 is 11.7 Å². The summed E-state index contributed by atoms with van der Waals surface area (Å²) in [6.07, 6.45) is 6.23. The first-order valence-electron chi connectivity index (χ1n) is 12.2. The molecule has 33 heavy (non-hydrogen) atoms. The van der Waals surface area contributed by atoms with Gasteiger partial charge in [0.25, 0.3) is 0 Å². The van der Waals surface area contributed by atoms with Crippen LogP contribution in [0.4, 0.5) is 5.69 Å². The predicted molar refractivity (Wildman–Crippen MR) is 129 cm³/mol. The Bertz CT molecular complexity index is 1210. The highest BCUT2D eigenvalue weighted by atomic mass is 16.6. The molecule has 2 heterocycles. The number of carbonyl (C=O) groups is 1. The average molecular weight is 440 g/mol. The summed E-state index contributed by atoms with van der Waals surface area (Å²) in [5.41, 5.74) is 5.85. The van der Waals surface area contributed by atoms with Crippen molar-refractivity contribution in [1.82, 2.24) is 0 Å². The number of esters is 1. The highest BCUT2D eigenvalue weighted by molar-refractivity contribution is 6.03. The Morgan fingerprint density at radius 1 is 0.939 bits per heavy atom. The number of anilines is 1. The summed E-state index contributed by atoms with van der Waals surface area (Å²) in [5.74, 6) is 1.72. The average Bonchev–Trinajstić information content (AvgIpc) is 3.14. The minimum absolute atomic E-state index is 0.272. The number of fused-ring (bicyclic) bond motifs is 6. The van der Waals surface area contributed by atoms with Gasteiger partial charge in [-0.25, -0.2) is 4.79 Å². The van der Waals surface area contributed by atoms with Crippen molar-refractivity contribution in [1.29, 1.82) is 0 Å². The SMILES string of the molecule is CCNc1c(C)c(C2CCCCC2)cc2c1C(=O)OC21c2ccccc2Oc2ccccc21. The summed E-state index contributed by atoms with van der Waals surface area (Å²) >= 11 is 0. The van der Waals surface area contributed by atoms with E-state index in [-0.39, 0.29) is 5.97 Å². The number of rotatable bonds is 3. The Labute approximate surface area is 194 Å². The van der Waals surface area contributed by atoms with E-state index in [2.05, 4.69) is 25.2 Å². The monoisotopic (exact) mass is 439 g/mol. The van der Waals surface area contributed by atoms with Crippen LogP contribution >= 0.6 is 0 Å². The van der Waals surface area contributed by atoms with Crippen LogP contribution in [0.1, 0.15) is 83.1 Å². The van der Waals surface area contributed by atoms with Crippen LogP contribution in [0.3, 0.4) is 0 Å². The molecule has 1 N–H and O–H groups in total. The maximum absolute atomic E-state index is 13.6. The van der Waals surface area contributed by atoms with Gasteiger partial charge >= 0.3 is 5.97 Å². The topological polar surface area (TPSA) is 47.6 Å². The Hall–Kier alpha value is -3.27. The lowest BCUT2D eigenvalue weighted by atomic mass is 9.74. The molecule has 0 radical (unpaired) electrons. The van der Waals surface area contributed by atoms with E-state index in [9.17, 15) is 4.79 Å². The quantitative estimate of drug-likeness (QED) is 0.445. The molecule has 1 saturated carbocycles. The largest absolute Gasteiger partial charge is 0.456 e. The number of ether oxygens (including phenoxy) is 2. The zero-order valence-electron chi connectivity index (χ0n) is 19.2. The zero-order chi connectivity index (χ0) is 22.6. The zero-order valence-corrected chi connectivity index (χ0v) is 19.2. The molecule has 0 atom stereocenters. The van der Waals surface area contributed by atoms with Gasteiger partial charge in [0.1, 0.15) is 11.5 Å². The fourth-order valence-corrected chi connectivity index (χ4v) is 6.13. The van der Waals surface area contributed by atoms with Crippen molar-refractivity contribution in [3.05, 3.63) is 88.0 Å². The van der Waals surface area contributed by atoms with Gasteiger partial charge in [-0.15, -0.1) is 0 Å². The fraction of sp³-hybridized carbons (Fsp3) is 0.345. The van der Waals surface area contributed by atoms with Crippen LogP contribution in [0.15, 0.2) is 54.6 Å². The van der Waals surface area contributed by atoms with Crippen LogP contribution in [0, 0.1) is 6.92 Å². The number of carbonyl (C=O) groups excluding carboxylic acids is 1. The van der Waals surface area contributed by atoms with Crippen molar-refractivity contribution in [2.24, 2.45) is 0 Å². The maximum Gasteiger partial charge on any atom is 0.342 e. The van der Waals surface area contributed by atoms with Gasteiger partial charge in [-0.2, -0.15) is 0 Å². The van der Waals surface area contributed by atoms with E-state index in [0.29, 0.717) is 11.5 Å². The van der Waals surface area contributed by atoms with E-state index in [1.165, 1.54) is 43.2 Å². The summed E-state index contributed by atoms with van der Waals surface area (Å²) in [6, 6.07) is 18.2. The summed E-state index contributed by atoms with van der Waals surface area (Å²) in [7, 11) is 0. The van der Waals surface area contributed by atoms with Crippen LogP contribution in [-0.2, 0) is 10.3 Å². The van der Waals surface area contributed by atoms with Crippen molar-refractivity contribution < 1.29 is 14.3 Å². The van der Waals surface area contributed by atoms with Crippen LogP contribution < -0.4 is 10.1 Å². The molecule has 1 fully saturated rings. The molecule has 2 aliphatic heterocycles. The van der Waals surface area contributed by atoms with Crippen molar-refractivity contribution in [3.63, 3.8) is 0 Å². The molecular weight excluding hydrogens is 410 g/mol. The highest BCUT2D eigenvalue weighted by Gasteiger charge is 2.54. The van der Waals surface area contributed by atoms with E-state index in [1.54, 1.807) is 0 Å². The van der Waals surface area contributed by atoms with Crippen molar-refractivity contribution in [3.8, 4) is 11.5 Å². The molecule has 1 aliphatic carbocycles. The molecule has 4 nitrogen and oxygen atoms in total. The first-order valence-corrected chi connectivity index (χ1v) is 12.2. The Morgan fingerprint density at radius 3 is 2.21 bits per heavy atom. The molecule has 6 rings (SSSR count). The second-order valence-corrected chi connectivity index (χ2v) is 9.42. The van der Waals surface area contributed by atoms with Gasteiger partial charge in [-0.05, 0) is 61.9 Å². The predicted octanol–water partition coefficient (Wildman–Crippen LogP) is 7.04. The van der Waals surface area contributed by atoms with Crippen LogP contribution in [0.25, 0.3) is 0 Å². The smallest absolute Gasteiger partial charge is 0.342 e. The van der Waals surface area contributed by atoms with Gasteiger partial charge in [0.05, 0.1) is 11.3 Å².